The van der Waals surface area contributed by atoms with Gasteiger partial charge in [0, 0.05) is 6.54 Å². The predicted molar refractivity (Wildman–Crippen MR) is 94.8 cm³/mol. The third-order valence-corrected chi connectivity index (χ3v) is 4.42. The van der Waals surface area contributed by atoms with E-state index < -0.39 is 0 Å². The maximum absolute atomic E-state index is 12.3. The molecule has 0 spiro atoms. The van der Waals surface area contributed by atoms with Gasteiger partial charge >= 0.3 is 0 Å². The molecule has 25 heavy (non-hydrogen) atoms. The molecule has 1 aliphatic heterocycles. The van der Waals surface area contributed by atoms with Gasteiger partial charge in [0.2, 0.25) is 0 Å². The fourth-order valence-electron chi connectivity index (χ4n) is 3.01. The molecule has 2 heterocycles. The van der Waals surface area contributed by atoms with Crippen LogP contribution in [0.1, 0.15) is 41.5 Å². The number of piperidine rings is 1. The Balaban J connectivity index is 1.44. The Morgan fingerprint density at radius 1 is 1.32 bits per heavy atom. The van der Waals surface area contributed by atoms with Crippen molar-refractivity contribution in [2.24, 2.45) is 0 Å². The first-order chi connectivity index (χ1) is 12.3. The summed E-state index contributed by atoms with van der Waals surface area (Å²) in [5, 5.41) is 14.5. The quantitative estimate of drug-likeness (QED) is 0.748. The second-order valence-electron chi connectivity index (χ2n) is 6.22. The first-order valence-electron chi connectivity index (χ1n) is 8.84. The van der Waals surface area contributed by atoms with Gasteiger partial charge in [-0.25, -0.2) is 4.68 Å². The molecule has 0 unspecified atom stereocenters. The molecular formula is C18H25N5O2. The highest BCUT2D eigenvalue weighted by molar-refractivity contribution is 5.93. The Kier molecular flexibility index (Phi) is 6.00. The molecule has 1 saturated heterocycles. The van der Waals surface area contributed by atoms with Gasteiger partial charge in [-0.1, -0.05) is 23.4 Å². The lowest BCUT2D eigenvalue weighted by Gasteiger charge is -2.23. The van der Waals surface area contributed by atoms with E-state index in [1.165, 1.54) is 0 Å². The number of hydrogen-bond acceptors (Lipinski definition) is 5. The summed E-state index contributed by atoms with van der Waals surface area (Å²) in [7, 11) is 0. The Morgan fingerprint density at radius 2 is 2.08 bits per heavy atom. The predicted octanol–water partition coefficient (Wildman–Crippen LogP) is 1.71. The van der Waals surface area contributed by atoms with Gasteiger partial charge in [0.05, 0.1) is 18.3 Å². The number of ether oxygens (including phenoxy) is 1. The van der Waals surface area contributed by atoms with Gasteiger partial charge in [-0.3, -0.25) is 4.79 Å². The molecule has 7 heteroatoms. The molecule has 2 N–H and O–H groups in total. The number of aromatic nitrogens is 3. The molecule has 0 atom stereocenters. The van der Waals surface area contributed by atoms with Crippen LogP contribution in [0.3, 0.4) is 0 Å². The number of amides is 1. The first kappa shape index (κ1) is 17.4. The monoisotopic (exact) mass is 343 g/mol. The van der Waals surface area contributed by atoms with Crippen LogP contribution in [0, 0.1) is 6.92 Å². The second kappa shape index (κ2) is 8.62. The smallest absolute Gasteiger partial charge is 0.273 e. The van der Waals surface area contributed by atoms with Crippen LogP contribution in [0.2, 0.25) is 0 Å². The summed E-state index contributed by atoms with van der Waals surface area (Å²) in [5.74, 6) is 0.673. The van der Waals surface area contributed by atoms with E-state index in [0.29, 0.717) is 24.9 Å². The van der Waals surface area contributed by atoms with Crippen molar-refractivity contribution in [3.05, 3.63) is 41.7 Å². The summed E-state index contributed by atoms with van der Waals surface area (Å²) in [4.78, 5) is 12.3. The van der Waals surface area contributed by atoms with Crippen LogP contribution in [0.15, 0.2) is 30.3 Å². The van der Waals surface area contributed by atoms with E-state index in [1.807, 2.05) is 41.9 Å². The number of benzene rings is 1. The van der Waals surface area contributed by atoms with Crippen LogP contribution < -0.4 is 15.4 Å². The maximum Gasteiger partial charge on any atom is 0.273 e. The number of para-hydroxylation sites is 1. The first-order valence-corrected chi connectivity index (χ1v) is 8.84. The molecule has 1 aliphatic rings. The van der Waals surface area contributed by atoms with Crippen molar-refractivity contribution in [3.63, 3.8) is 0 Å². The Morgan fingerprint density at radius 3 is 2.84 bits per heavy atom. The molecular weight excluding hydrogens is 318 g/mol. The molecule has 2 aromatic rings. The lowest BCUT2D eigenvalue weighted by Crippen LogP contribution is -2.30. The minimum Gasteiger partial charge on any atom is -0.494 e. The third kappa shape index (κ3) is 4.57. The van der Waals surface area contributed by atoms with E-state index in [2.05, 4.69) is 20.9 Å². The molecule has 1 aromatic heterocycles. The Bertz CT molecular complexity index is 680. The van der Waals surface area contributed by atoms with Crippen molar-refractivity contribution in [1.82, 2.24) is 25.6 Å². The summed E-state index contributed by atoms with van der Waals surface area (Å²) in [5.41, 5.74) is 1.26. The normalized spacial score (nSPS) is 15.1. The topological polar surface area (TPSA) is 81.1 Å². The lowest BCUT2D eigenvalue weighted by molar-refractivity contribution is 0.0946. The van der Waals surface area contributed by atoms with E-state index in [1.54, 1.807) is 0 Å². The van der Waals surface area contributed by atoms with Crippen molar-refractivity contribution >= 4 is 5.91 Å². The summed E-state index contributed by atoms with van der Waals surface area (Å²) >= 11 is 0. The number of nitrogens with one attached hydrogen (secondary N) is 2. The van der Waals surface area contributed by atoms with Crippen molar-refractivity contribution in [3.8, 4) is 5.75 Å². The van der Waals surface area contributed by atoms with Crippen LogP contribution in [0.5, 0.6) is 5.75 Å². The van der Waals surface area contributed by atoms with Crippen LogP contribution in [0.25, 0.3) is 0 Å². The average Bonchev–Trinajstić information content (AvgIpc) is 3.04. The number of carbonyl (C=O) groups excluding carboxylic acids is 1. The highest BCUT2D eigenvalue weighted by Crippen LogP contribution is 2.20. The Labute approximate surface area is 147 Å². The van der Waals surface area contributed by atoms with Gasteiger partial charge in [0.15, 0.2) is 5.69 Å². The summed E-state index contributed by atoms with van der Waals surface area (Å²) in [6, 6.07) is 9.99. The van der Waals surface area contributed by atoms with Crippen molar-refractivity contribution < 1.29 is 9.53 Å². The van der Waals surface area contributed by atoms with Gasteiger partial charge in [0.1, 0.15) is 5.75 Å². The minimum absolute atomic E-state index is 0.169. The van der Waals surface area contributed by atoms with Crippen LogP contribution in [-0.2, 0) is 0 Å². The van der Waals surface area contributed by atoms with Crippen molar-refractivity contribution in [2.75, 3.05) is 26.2 Å². The van der Waals surface area contributed by atoms with Crippen LogP contribution in [-0.4, -0.2) is 47.1 Å². The largest absolute Gasteiger partial charge is 0.494 e. The van der Waals surface area contributed by atoms with E-state index in [-0.39, 0.29) is 5.91 Å². The van der Waals surface area contributed by atoms with E-state index in [9.17, 15) is 4.79 Å². The molecule has 1 fully saturated rings. The SMILES string of the molecule is Cc1c(C(=O)NCCCOc2ccccc2)nnn1C1CCNCC1. The summed E-state index contributed by atoms with van der Waals surface area (Å²) < 4.78 is 7.51. The molecule has 0 saturated carbocycles. The summed E-state index contributed by atoms with van der Waals surface area (Å²) in [6.45, 7) is 4.98. The van der Waals surface area contributed by atoms with E-state index >= 15 is 0 Å². The average molecular weight is 343 g/mol. The molecule has 0 bridgehead atoms. The van der Waals surface area contributed by atoms with E-state index in [0.717, 1.165) is 43.8 Å². The molecule has 3 rings (SSSR count). The van der Waals surface area contributed by atoms with Gasteiger partial charge in [-0.15, -0.1) is 5.10 Å². The van der Waals surface area contributed by atoms with E-state index in [4.69, 9.17) is 4.74 Å². The Hall–Kier alpha value is -2.41. The van der Waals surface area contributed by atoms with Gasteiger partial charge in [-0.05, 0) is 51.4 Å². The number of hydrogen-bond donors (Lipinski definition) is 2. The third-order valence-electron chi connectivity index (χ3n) is 4.42. The molecule has 7 nitrogen and oxygen atoms in total. The minimum atomic E-state index is -0.169. The van der Waals surface area contributed by atoms with Gasteiger partial charge in [0.25, 0.3) is 5.91 Å². The fraction of sp³-hybridized carbons (Fsp3) is 0.500. The highest BCUT2D eigenvalue weighted by atomic mass is 16.5. The van der Waals surface area contributed by atoms with Gasteiger partial charge in [-0.2, -0.15) is 0 Å². The standard InChI is InChI=1S/C18H25N5O2/c1-14-17(21-22-23(14)15-8-11-19-12-9-15)18(24)20-10-5-13-25-16-6-3-2-4-7-16/h2-4,6-7,15,19H,5,8-13H2,1H3,(H,20,24). The highest BCUT2D eigenvalue weighted by Gasteiger charge is 2.22. The van der Waals surface area contributed by atoms with Crippen LogP contribution in [0.4, 0.5) is 0 Å². The molecule has 1 amide bonds. The number of rotatable bonds is 7. The molecule has 134 valence electrons. The fourth-order valence-corrected chi connectivity index (χ4v) is 3.01. The van der Waals surface area contributed by atoms with Crippen molar-refractivity contribution in [2.45, 2.75) is 32.2 Å². The number of carbonyl (C=O) groups is 1. The van der Waals surface area contributed by atoms with Crippen LogP contribution >= 0.6 is 0 Å². The van der Waals surface area contributed by atoms with Gasteiger partial charge < -0.3 is 15.4 Å². The molecule has 0 aliphatic carbocycles. The molecule has 0 radical (unpaired) electrons. The second-order valence-corrected chi connectivity index (χ2v) is 6.22. The maximum atomic E-state index is 12.3. The zero-order valence-electron chi connectivity index (χ0n) is 14.6. The van der Waals surface area contributed by atoms with Crippen molar-refractivity contribution in [1.29, 1.82) is 0 Å². The lowest BCUT2D eigenvalue weighted by atomic mass is 10.1. The molecule has 1 aromatic carbocycles. The number of nitrogens with zero attached hydrogens (tertiary/aromatic N) is 3. The summed E-state index contributed by atoms with van der Waals surface area (Å²) in [6.07, 6.45) is 2.77. The zero-order chi connectivity index (χ0) is 17.5. The zero-order valence-corrected chi connectivity index (χ0v) is 14.6.